The third-order valence-corrected chi connectivity index (χ3v) is 5.76. The summed E-state index contributed by atoms with van der Waals surface area (Å²) in [7, 11) is 2.10. The highest BCUT2D eigenvalue weighted by atomic mass is 16.2. The van der Waals surface area contributed by atoms with Crippen LogP contribution in [-0.2, 0) is 10.2 Å². The first-order chi connectivity index (χ1) is 12.9. The van der Waals surface area contributed by atoms with Crippen molar-refractivity contribution in [3.8, 4) is 0 Å². The minimum atomic E-state index is -0.203. The van der Waals surface area contributed by atoms with E-state index in [1.54, 1.807) is 0 Å². The summed E-state index contributed by atoms with van der Waals surface area (Å²) in [6.45, 7) is 6.44. The number of rotatable bonds is 3. The molecule has 2 aromatic rings. The molecule has 2 aliphatic rings. The van der Waals surface area contributed by atoms with E-state index in [4.69, 9.17) is 0 Å². The largest absolute Gasteiger partial charge is 0.347 e. The van der Waals surface area contributed by atoms with Gasteiger partial charge in [-0.25, -0.2) is 5.01 Å². The van der Waals surface area contributed by atoms with Crippen molar-refractivity contribution in [2.75, 3.05) is 17.0 Å². The van der Waals surface area contributed by atoms with Crippen LogP contribution in [0.4, 0.5) is 11.4 Å². The second kappa shape index (κ2) is 6.38. The molecule has 4 rings (SSSR count). The van der Waals surface area contributed by atoms with E-state index in [-0.39, 0.29) is 17.2 Å². The second-order valence-electron chi connectivity index (χ2n) is 7.81. The van der Waals surface area contributed by atoms with Crippen molar-refractivity contribution >= 4 is 23.0 Å². The monoisotopic (exact) mass is 359 g/mol. The van der Waals surface area contributed by atoms with E-state index < -0.39 is 0 Å². The molecule has 4 heteroatoms. The van der Waals surface area contributed by atoms with Crippen LogP contribution >= 0.6 is 0 Å². The summed E-state index contributed by atoms with van der Waals surface area (Å²) in [5.41, 5.74) is 5.43. The number of fused-ring (bicyclic) bond motifs is 1. The zero-order chi connectivity index (χ0) is 19.2. The molecule has 0 aliphatic carbocycles. The predicted octanol–water partition coefficient (Wildman–Crippen LogP) is 4.73. The van der Waals surface area contributed by atoms with Crippen molar-refractivity contribution in [3.05, 3.63) is 71.9 Å². The Labute approximate surface area is 160 Å². The van der Waals surface area contributed by atoms with E-state index in [1.807, 2.05) is 37.3 Å². The summed E-state index contributed by atoms with van der Waals surface area (Å²) >= 11 is 0. The first-order valence-electron chi connectivity index (χ1n) is 9.39. The predicted molar refractivity (Wildman–Crippen MR) is 111 cm³/mol. The van der Waals surface area contributed by atoms with Crippen LogP contribution in [-0.4, -0.2) is 18.7 Å². The molecule has 1 amide bonds. The molecule has 2 aliphatic heterocycles. The summed E-state index contributed by atoms with van der Waals surface area (Å²) < 4.78 is 0. The molecule has 0 radical (unpaired) electrons. The summed E-state index contributed by atoms with van der Waals surface area (Å²) in [4.78, 5) is 15.2. The van der Waals surface area contributed by atoms with Gasteiger partial charge in [0.1, 0.15) is 0 Å². The summed E-state index contributed by atoms with van der Waals surface area (Å²) in [5, 5.41) is 6.06. The van der Waals surface area contributed by atoms with Crippen LogP contribution in [0.1, 0.15) is 32.8 Å². The summed E-state index contributed by atoms with van der Waals surface area (Å²) in [6, 6.07) is 18.1. The van der Waals surface area contributed by atoms with E-state index in [0.29, 0.717) is 6.42 Å². The number of benzene rings is 2. The zero-order valence-corrected chi connectivity index (χ0v) is 16.3. The highest BCUT2D eigenvalue weighted by molar-refractivity contribution is 6.14. The fourth-order valence-corrected chi connectivity index (χ4v) is 4.23. The number of para-hydroxylation sites is 2. The number of carbonyl (C=O) groups excluding carboxylic acids is 1. The van der Waals surface area contributed by atoms with E-state index >= 15 is 0 Å². The van der Waals surface area contributed by atoms with Gasteiger partial charge in [0.05, 0.1) is 11.6 Å². The number of carbonyl (C=O) groups is 1. The number of amides is 1. The SMILES string of the molecule is CC1=NN(c2ccccc2)C(=O)C1C/C=C1\N(C)c2ccccc2C1(C)C. The lowest BCUT2D eigenvalue weighted by Crippen LogP contribution is -2.28. The van der Waals surface area contributed by atoms with Crippen LogP contribution in [0.5, 0.6) is 0 Å². The molecular formula is C23H25N3O. The third kappa shape index (κ3) is 2.76. The molecule has 2 aromatic carbocycles. The van der Waals surface area contributed by atoms with E-state index in [0.717, 1.165) is 11.4 Å². The number of hydrogen-bond acceptors (Lipinski definition) is 3. The lowest BCUT2D eigenvalue weighted by atomic mass is 9.83. The third-order valence-electron chi connectivity index (χ3n) is 5.76. The Morgan fingerprint density at radius 1 is 1.07 bits per heavy atom. The van der Waals surface area contributed by atoms with Gasteiger partial charge in [-0.3, -0.25) is 4.79 Å². The number of hydrazone groups is 1. The maximum atomic E-state index is 13.0. The molecule has 138 valence electrons. The van der Waals surface area contributed by atoms with Gasteiger partial charge in [0.2, 0.25) is 0 Å². The smallest absolute Gasteiger partial charge is 0.256 e. The molecule has 1 unspecified atom stereocenters. The van der Waals surface area contributed by atoms with Gasteiger partial charge < -0.3 is 4.90 Å². The standard InChI is InChI=1S/C23H25N3O/c1-16-18(22(27)26(24-16)17-10-6-5-7-11-17)14-15-21-23(2,3)19-12-8-9-13-20(19)25(21)4/h5-13,15,18H,14H2,1-4H3/b21-15-. The molecule has 0 aromatic heterocycles. The zero-order valence-electron chi connectivity index (χ0n) is 16.3. The lowest BCUT2D eigenvalue weighted by Gasteiger charge is -2.24. The highest BCUT2D eigenvalue weighted by Crippen LogP contribution is 2.47. The Hall–Kier alpha value is -2.88. The molecular weight excluding hydrogens is 334 g/mol. The molecule has 27 heavy (non-hydrogen) atoms. The van der Waals surface area contributed by atoms with E-state index in [9.17, 15) is 4.79 Å². The van der Waals surface area contributed by atoms with E-state index in [1.165, 1.54) is 22.0 Å². The molecule has 0 N–H and O–H groups in total. The highest BCUT2D eigenvalue weighted by Gasteiger charge is 2.39. The van der Waals surface area contributed by atoms with Crippen molar-refractivity contribution < 1.29 is 4.79 Å². The average molecular weight is 359 g/mol. The first-order valence-corrected chi connectivity index (χ1v) is 9.39. The number of allylic oxidation sites excluding steroid dienone is 2. The molecule has 0 spiro atoms. The van der Waals surface area contributed by atoms with Crippen molar-refractivity contribution in [3.63, 3.8) is 0 Å². The van der Waals surface area contributed by atoms with Crippen LogP contribution < -0.4 is 9.91 Å². The van der Waals surface area contributed by atoms with Crippen molar-refractivity contribution in [1.29, 1.82) is 0 Å². The molecule has 4 nitrogen and oxygen atoms in total. The minimum Gasteiger partial charge on any atom is -0.347 e. The fourth-order valence-electron chi connectivity index (χ4n) is 4.23. The average Bonchev–Trinajstić information content (AvgIpc) is 3.06. The Kier molecular flexibility index (Phi) is 4.14. The summed E-state index contributed by atoms with van der Waals surface area (Å²) in [6.07, 6.45) is 2.88. The van der Waals surface area contributed by atoms with Crippen LogP contribution in [0, 0.1) is 5.92 Å². The maximum Gasteiger partial charge on any atom is 0.256 e. The fraction of sp³-hybridized carbons (Fsp3) is 0.304. The van der Waals surface area contributed by atoms with Crippen LogP contribution in [0.25, 0.3) is 0 Å². The Morgan fingerprint density at radius 3 is 2.44 bits per heavy atom. The number of likely N-dealkylation sites (N-methyl/N-ethyl adjacent to an activating group) is 1. The van der Waals surface area contributed by atoms with Gasteiger partial charge in [0.15, 0.2) is 0 Å². The quantitative estimate of drug-likeness (QED) is 0.794. The van der Waals surface area contributed by atoms with Gasteiger partial charge >= 0.3 is 0 Å². The van der Waals surface area contributed by atoms with Crippen LogP contribution in [0.15, 0.2) is 71.5 Å². The Bertz CT molecular complexity index is 943. The summed E-state index contributed by atoms with van der Waals surface area (Å²) in [5.74, 6) is -0.155. The van der Waals surface area contributed by atoms with Crippen LogP contribution in [0.3, 0.4) is 0 Å². The molecule has 0 saturated carbocycles. The van der Waals surface area contributed by atoms with Gasteiger partial charge in [-0.15, -0.1) is 0 Å². The van der Waals surface area contributed by atoms with Gasteiger partial charge in [-0.1, -0.05) is 56.3 Å². The van der Waals surface area contributed by atoms with Gasteiger partial charge in [-0.05, 0) is 37.1 Å². The molecule has 0 fully saturated rings. The minimum absolute atomic E-state index is 0.0477. The lowest BCUT2D eigenvalue weighted by molar-refractivity contribution is -0.119. The molecule has 2 heterocycles. The van der Waals surface area contributed by atoms with Crippen LogP contribution in [0.2, 0.25) is 0 Å². The molecule has 1 atom stereocenters. The molecule has 0 saturated heterocycles. The topological polar surface area (TPSA) is 35.9 Å². The Balaban J connectivity index is 1.59. The van der Waals surface area contributed by atoms with Crippen molar-refractivity contribution in [2.45, 2.75) is 32.6 Å². The molecule has 0 bridgehead atoms. The Morgan fingerprint density at radius 2 is 1.74 bits per heavy atom. The number of anilines is 2. The maximum absolute atomic E-state index is 13.0. The number of nitrogens with zero attached hydrogens (tertiary/aromatic N) is 3. The van der Waals surface area contributed by atoms with Crippen molar-refractivity contribution in [1.82, 2.24) is 0 Å². The van der Waals surface area contributed by atoms with Gasteiger partial charge in [0, 0.05) is 29.6 Å². The number of hydrogen-bond donors (Lipinski definition) is 0. The van der Waals surface area contributed by atoms with E-state index in [2.05, 4.69) is 61.2 Å². The normalized spacial score (nSPS) is 22.4. The second-order valence-corrected chi connectivity index (χ2v) is 7.81. The van der Waals surface area contributed by atoms with Gasteiger partial charge in [-0.2, -0.15) is 5.10 Å². The van der Waals surface area contributed by atoms with Gasteiger partial charge in [0.25, 0.3) is 5.91 Å². The first kappa shape index (κ1) is 17.5. The van der Waals surface area contributed by atoms with Crippen molar-refractivity contribution in [2.24, 2.45) is 11.0 Å².